The highest BCUT2D eigenvalue weighted by molar-refractivity contribution is 5.97. The van der Waals surface area contributed by atoms with Crippen molar-refractivity contribution in [3.05, 3.63) is 28.8 Å². The molecule has 0 aliphatic carbocycles. The van der Waals surface area contributed by atoms with Gasteiger partial charge in [0.25, 0.3) is 5.91 Å². The summed E-state index contributed by atoms with van der Waals surface area (Å²) in [4.78, 5) is 14.6. The minimum absolute atomic E-state index is 0.0912. The lowest BCUT2D eigenvalue weighted by molar-refractivity contribution is 0.0695. The van der Waals surface area contributed by atoms with Gasteiger partial charge in [-0.05, 0) is 41.9 Å². The van der Waals surface area contributed by atoms with E-state index in [4.69, 9.17) is 5.26 Å². The first kappa shape index (κ1) is 17.3. The van der Waals surface area contributed by atoms with Gasteiger partial charge in [-0.3, -0.25) is 4.79 Å². The number of carbonyl (C=O) groups is 1. The largest absolute Gasteiger partial charge is 0.507 e. The quantitative estimate of drug-likeness (QED) is 0.916. The number of phenols is 1. The summed E-state index contributed by atoms with van der Waals surface area (Å²) < 4.78 is 0. The first-order valence-electron chi connectivity index (χ1n) is 8.40. The Hall–Kier alpha value is -2.02. The number of hydrogen-bond acceptors (Lipinski definition) is 3. The lowest BCUT2D eigenvalue weighted by Gasteiger charge is -2.30. The van der Waals surface area contributed by atoms with Gasteiger partial charge in [0.1, 0.15) is 5.75 Å². The Balaban J connectivity index is 2.41. The Morgan fingerprint density at radius 1 is 1.30 bits per heavy atom. The number of nitrogens with zero attached hydrogens (tertiary/aromatic N) is 2. The van der Waals surface area contributed by atoms with Crippen LogP contribution in [0.25, 0.3) is 0 Å². The Bertz CT molecular complexity index is 629. The summed E-state index contributed by atoms with van der Waals surface area (Å²) in [5.74, 6) is 0.259. The third kappa shape index (κ3) is 3.67. The molecule has 0 aromatic heterocycles. The summed E-state index contributed by atoms with van der Waals surface area (Å²) in [5.41, 5.74) is 2.25. The van der Waals surface area contributed by atoms with Crippen LogP contribution < -0.4 is 0 Å². The molecule has 1 heterocycles. The molecular formula is C19H26N2O2. The van der Waals surface area contributed by atoms with Gasteiger partial charge in [-0.25, -0.2) is 0 Å². The molecule has 4 heteroatoms. The Morgan fingerprint density at radius 2 is 2.00 bits per heavy atom. The first-order chi connectivity index (χ1) is 10.8. The fourth-order valence-electron chi connectivity index (χ4n) is 3.05. The second-order valence-corrected chi connectivity index (χ2v) is 7.04. The van der Waals surface area contributed by atoms with Crippen LogP contribution in [-0.4, -0.2) is 29.0 Å². The number of piperidine rings is 1. The summed E-state index contributed by atoms with van der Waals surface area (Å²) in [5, 5.41) is 19.7. The van der Waals surface area contributed by atoms with E-state index in [9.17, 15) is 9.90 Å². The van der Waals surface area contributed by atoms with E-state index in [-0.39, 0.29) is 29.4 Å². The average molecular weight is 314 g/mol. The van der Waals surface area contributed by atoms with Gasteiger partial charge >= 0.3 is 0 Å². The first-order valence-corrected chi connectivity index (χ1v) is 8.40. The highest BCUT2D eigenvalue weighted by Gasteiger charge is 2.27. The van der Waals surface area contributed by atoms with Crippen LogP contribution in [0.2, 0.25) is 0 Å². The average Bonchev–Trinajstić information content (AvgIpc) is 2.53. The molecule has 124 valence electrons. The van der Waals surface area contributed by atoms with Crippen molar-refractivity contribution in [3.63, 3.8) is 0 Å². The normalized spacial score (nSPS) is 18.3. The van der Waals surface area contributed by atoms with Gasteiger partial charge in [0, 0.05) is 13.1 Å². The molecule has 1 saturated heterocycles. The number of likely N-dealkylation sites (tertiary alicyclic amines) is 1. The van der Waals surface area contributed by atoms with E-state index in [0.717, 1.165) is 24.0 Å². The van der Waals surface area contributed by atoms with Gasteiger partial charge in [-0.2, -0.15) is 5.26 Å². The van der Waals surface area contributed by atoms with Crippen molar-refractivity contribution in [2.75, 3.05) is 13.1 Å². The molecular weight excluding hydrogens is 288 g/mol. The maximum absolute atomic E-state index is 12.9. The van der Waals surface area contributed by atoms with Crippen LogP contribution in [0, 0.1) is 17.2 Å². The van der Waals surface area contributed by atoms with Crippen molar-refractivity contribution < 1.29 is 9.90 Å². The van der Waals surface area contributed by atoms with E-state index in [1.54, 1.807) is 4.90 Å². The molecule has 23 heavy (non-hydrogen) atoms. The molecule has 1 aromatic rings. The second kappa shape index (κ2) is 7.04. The topological polar surface area (TPSA) is 64.3 Å². The van der Waals surface area contributed by atoms with Crippen LogP contribution in [0.1, 0.15) is 73.9 Å². The zero-order valence-electron chi connectivity index (χ0n) is 14.5. The molecule has 1 amide bonds. The number of nitriles is 1. The number of rotatable bonds is 3. The standard InChI is InChI=1S/C19H26N2O2/c1-12(2)15-8-16(13(3)4)18(22)17(9-15)19(23)21-7-5-6-14(10-20)11-21/h8-9,12-14,22H,5-7,11H2,1-4H3/t14-/m0/s1. The minimum Gasteiger partial charge on any atom is -0.507 e. The van der Waals surface area contributed by atoms with Crippen LogP contribution in [0.3, 0.4) is 0 Å². The number of phenolic OH excluding ortho intramolecular Hbond substituents is 1. The third-order valence-electron chi connectivity index (χ3n) is 4.57. The van der Waals surface area contributed by atoms with Crippen LogP contribution in [0.15, 0.2) is 12.1 Å². The molecule has 1 N–H and O–H groups in total. The molecule has 1 atom stereocenters. The zero-order valence-corrected chi connectivity index (χ0v) is 14.5. The highest BCUT2D eigenvalue weighted by Crippen LogP contribution is 2.34. The van der Waals surface area contributed by atoms with Crippen molar-refractivity contribution in [2.45, 2.75) is 52.4 Å². The number of amides is 1. The summed E-state index contributed by atoms with van der Waals surface area (Å²) >= 11 is 0. The van der Waals surface area contributed by atoms with Crippen molar-refractivity contribution in [1.82, 2.24) is 4.90 Å². The molecule has 0 bridgehead atoms. The van der Waals surface area contributed by atoms with Gasteiger partial charge in [-0.1, -0.05) is 33.8 Å². The van der Waals surface area contributed by atoms with Gasteiger partial charge in [0.2, 0.25) is 0 Å². The monoisotopic (exact) mass is 314 g/mol. The van der Waals surface area contributed by atoms with Crippen LogP contribution >= 0.6 is 0 Å². The Labute approximate surface area is 138 Å². The molecule has 4 nitrogen and oxygen atoms in total. The van der Waals surface area contributed by atoms with Crippen molar-refractivity contribution in [1.29, 1.82) is 5.26 Å². The van der Waals surface area contributed by atoms with Crippen LogP contribution in [-0.2, 0) is 0 Å². The fraction of sp³-hybridized carbons (Fsp3) is 0.579. The van der Waals surface area contributed by atoms with E-state index in [0.29, 0.717) is 18.7 Å². The van der Waals surface area contributed by atoms with Crippen LogP contribution in [0.5, 0.6) is 5.75 Å². The molecule has 0 saturated carbocycles. The maximum Gasteiger partial charge on any atom is 0.257 e. The summed E-state index contributed by atoms with van der Waals surface area (Å²) in [6.45, 7) is 9.30. The number of aromatic hydroxyl groups is 1. The van der Waals surface area contributed by atoms with Gasteiger partial charge < -0.3 is 10.0 Å². The van der Waals surface area contributed by atoms with Gasteiger partial charge in [0.15, 0.2) is 0 Å². The third-order valence-corrected chi connectivity index (χ3v) is 4.57. The molecule has 0 radical (unpaired) electrons. The molecule has 1 aliphatic rings. The number of hydrogen-bond donors (Lipinski definition) is 1. The Kier molecular flexibility index (Phi) is 5.30. The predicted molar refractivity (Wildman–Crippen MR) is 90.5 cm³/mol. The van der Waals surface area contributed by atoms with E-state index in [1.165, 1.54) is 0 Å². The minimum atomic E-state index is -0.160. The molecule has 0 spiro atoms. The maximum atomic E-state index is 12.9. The summed E-state index contributed by atoms with van der Waals surface area (Å²) in [7, 11) is 0. The molecule has 2 rings (SSSR count). The van der Waals surface area contributed by atoms with E-state index < -0.39 is 0 Å². The lowest BCUT2D eigenvalue weighted by atomic mass is 9.91. The number of carbonyl (C=O) groups excluding carboxylic acids is 1. The van der Waals surface area contributed by atoms with Crippen molar-refractivity contribution in [2.24, 2.45) is 5.92 Å². The van der Waals surface area contributed by atoms with E-state index in [1.807, 2.05) is 26.0 Å². The second-order valence-electron chi connectivity index (χ2n) is 7.04. The fourth-order valence-corrected chi connectivity index (χ4v) is 3.05. The number of benzene rings is 1. The van der Waals surface area contributed by atoms with Crippen LogP contribution in [0.4, 0.5) is 0 Å². The van der Waals surface area contributed by atoms with Crippen molar-refractivity contribution in [3.8, 4) is 11.8 Å². The summed E-state index contributed by atoms with van der Waals surface area (Å²) in [6.07, 6.45) is 1.68. The molecule has 0 unspecified atom stereocenters. The van der Waals surface area contributed by atoms with E-state index >= 15 is 0 Å². The predicted octanol–water partition coefficient (Wildman–Crippen LogP) is 4.01. The molecule has 1 aliphatic heterocycles. The Morgan fingerprint density at radius 3 is 2.57 bits per heavy atom. The molecule has 1 fully saturated rings. The van der Waals surface area contributed by atoms with Gasteiger partial charge in [0.05, 0.1) is 17.6 Å². The van der Waals surface area contributed by atoms with Gasteiger partial charge in [-0.15, -0.1) is 0 Å². The highest BCUT2D eigenvalue weighted by atomic mass is 16.3. The smallest absolute Gasteiger partial charge is 0.257 e. The SMILES string of the molecule is CC(C)c1cc(C(=O)N2CCC[C@@H](C#N)C2)c(O)c(C(C)C)c1. The molecule has 1 aromatic carbocycles. The zero-order chi connectivity index (χ0) is 17.1. The summed E-state index contributed by atoms with van der Waals surface area (Å²) in [6, 6.07) is 6.06. The van der Waals surface area contributed by atoms with E-state index in [2.05, 4.69) is 19.9 Å². The lowest BCUT2D eigenvalue weighted by Crippen LogP contribution is -2.39. The van der Waals surface area contributed by atoms with Crippen molar-refractivity contribution >= 4 is 5.91 Å².